The molecule has 1 N–H and O–H groups in total. The van der Waals surface area contributed by atoms with Gasteiger partial charge >= 0.3 is 6.09 Å². The number of ether oxygens (including phenoxy) is 2. The maximum absolute atomic E-state index is 12.7. The molecule has 7 nitrogen and oxygen atoms in total. The first kappa shape index (κ1) is 18.3. The van der Waals surface area contributed by atoms with Crippen LogP contribution in [0, 0.1) is 0 Å². The molecule has 1 aromatic heterocycles. The molecule has 2 atom stereocenters. The van der Waals surface area contributed by atoms with Gasteiger partial charge in [-0.2, -0.15) is 5.10 Å². The molecule has 1 amide bonds. The SMILES string of the molecule is Cn1cc2ccc(C3(O)CC4COCC(C3)N4C(=O)OC(C)(C)C)cc2n1. The Hall–Kier alpha value is -2.12. The van der Waals surface area contributed by atoms with Crippen molar-refractivity contribution in [2.45, 2.75) is 56.9 Å². The monoisotopic (exact) mass is 373 g/mol. The number of hydrogen-bond acceptors (Lipinski definition) is 5. The van der Waals surface area contributed by atoms with E-state index in [-0.39, 0.29) is 18.2 Å². The average molecular weight is 373 g/mol. The third kappa shape index (κ3) is 3.41. The van der Waals surface area contributed by atoms with Crippen molar-refractivity contribution in [1.82, 2.24) is 14.7 Å². The van der Waals surface area contributed by atoms with Gasteiger partial charge in [-0.15, -0.1) is 0 Å². The number of aliphatic hydroxyl groups is 1. The molecule has 4 rings (SSSR count). The van der Waals surface area contributed by atoms with Crippen LogP contribution in [0.1, 0.15) is 39.2 Å². The largest absolute Gasteiger partial charge is 0.444 e. The van der Waals surface area contributed by atoms with Gasteiger partial charge in [-0.05, 0) is 32.4 Å². The molecular formula is C20H27N3O4. The van der Waals surface area contributed by atoms with Crippen molar-refractivity contribution < 1.29 is 19.4 Å². The summed E-state index contributed by atoms with van der Waals surface area (Å²) < 4.78 is 13.0. The second-order valence-corrected chi connectivity index (χ2v) is 8.75. The Kier molecular flexibility index (Phi) is 4.20. The Labute approximate surface area is 158 Å². The number of piperidine rings is 1. The van der Waals surface area contributed by atoms with E-state index in [4.69, 9.17) is 9.47 Å². The summed E-state index contributed by atoms with van der Waals surface area (Å²) in [7, 11) is 1.88. The maximum atomic E-state index is 12.7. The molecule has 3 heterocycles. The van der Waals surface area contributed by atoms with Gasteiger partial charge in [-0.1, -0.05) is 12.1 Å². The Morgan fingerprint density at radius 2 is 1.96 bits per heavy atom. The van der Waals surface area contributed by atoms with E-state index < -0.39 is 11.2 Å². The van der Waals surface area contributed by atoms with Crippen LogP contribution in [0.25, 0.3) is 10.9 Å². The zero-order valence-electron chi connectivity index (χ0n) is 16.3. The quantitative estimate of drug-likeness (QED) is 0.831. The van der Waals surface area contributed by atoms with Crippen LogP contribution in [-0.4, -0.2) is 56.8 Å². The van der Waals surface area contributed by atoms with Crippen LogP contribution in [0.5, 0.6) is 0 Å². The Morgan fingerprint density at radius 3 is 2.59 bits per heavy atom. The van der Waals surface area contributed by atoms with Gasteiger partial charge in [0.05, 0.1) is 36.4 Å². The van der Waals surface area contributed by atoms with E-state index >= 15 is 0 Å². The van der Waals surface area contributed by atoms with Crippen molar-refractivity contribution in [3.05, 3.63) is 30.0 Å². The number of carbonyl (C=O) groups is 1. The molecule has 0 radical (unpaired) electrons. The van der Waals surface area contributed by atoms with Gasteiger partial charge in [0.2, 0.25) is 0 Å². The van der Waals surface area contributed by atoms with E-state index in [1.807, 2.05) is 52.2 Å². The van der Waals surface area contributed by atoms with Crippen LogP contribution in [0.4, 0.5) is 4.79 Å². The number of morpholine rings is 1. The summed E-state index contributed by atoms with van der Waals surface area (Å²) in [5, 5.41) is 17.0. The Morgan fingerprint density at radius 1 is 1.30 bits per heavy atom. The molecule has 2 aromatic rings. The van der Waals surface area contributed by atoms with Crippen LogP contribution in [0.3, 0.4) is 0 Å². The van der Waals surface area contributed by atoms with Gasteiger partial charge in [-0.25, -0.2) is 4.79 Å². The molecule has 2 saturated heterocycles. The van der Waals surface area contributed by atoms with Gasteiger partial charge in [0.15, 0.2) is 0 Å². The molecule has 0 aliphatic carbocycles. The van der Waals surface area contributed by atoms with E-state index in [1.165, 1.54) is 0 Å². The van der Waals surface area contributed by atoms with Crippen LogP contribution in [0.2, 0.25) is 0 Å². The van der Waals surface area contributed by atoms with E-state index in [9.17, 15) is 9.90 Å². The van der Waals surface area contributed by atoms with Crippen molar-refractivity contribution in [1.29, 1.82) is 0 Å². The van der Waals surface area contributed by atoms with Crippen molar-refractivity contribution in [2.24, 2.45) is 7.05 Å². The highest BCUT2D eigenvalue weighted by Gasteiger charge is 2.49. The number of fused-ring (bicyclic) bond motifs is 3. The normalized spacial score (nSPS) is 28.4. The molecule has 2 unspecified atom stereocenters. The fraction of sp³-hybridized carbons (Fsp3) is 0.600. The van der Waals surface area contributed by atoms with E-state index in [0.29, 0.717) is 26.1 Å². The molecule has 0 spiro atoms. The molecule has 27 heavy (non-hydrogen) atoms. The summed E-state index contributed by atoms with van der Waals surface area (Å²) in [6.07, 6.45) is 2.46. The third-order valence-electron chi connectivity index (χ3n) is 5.32. The fourth-order valence-electron chi connectivity index (χ4n) is 4.25. The van der Waals surface area contributed by atoms with Crippen LogP contribution in [-0.2, 0) is 22.1 Å². The first-order valence-electron chi connectivity index (χ1n) is 9.40. The summed E-state index contributed by atoms with van der Waals surface area (Å²) >= 11 is 0. The van der Waals surface area contributed by atoms with Crippen LogP contribution >= 0.6 is 0 Å². The second kappa shape index (κ2) is 6.21. The minimum Gasteiger partial charge on any atom is -0.444 e. The average Bonchev–Trinajstić information content (AvgIpc) is 2.91. The fourth-order valence-corrected chi connectivity index (χ4v) is 4.25. The molecule has 2 aliphatic heterocycles. The summed E-state index contributed by atoms with van der Waals surface area (Å²) in [6, 6.07) is 5.48. The molecular weight excluding hydrogens is 346 g/mol. The first-order valence-corrected chi connectivity index (χ1v) is 9.40. The molecule has 2 bridgehead atoms. The summed E-state index contributed by atoms with van der Waals surface area (Å²) in [4.78, 5) is 14.5. The minimum atomic E-state index is -1.01. The van der Waals surface area contributed by atoms with E-state index in [0.717, 1.165) is 16.5 Å². The van der Waals surface area contributed by atoms with Crippen molar-refractivity contribution in [3.63, 3.8) is 0 Å². The van der Waals surface area contributed by atoms with Gasteiger partial charge in [-0.3, -0.25) is 9.58 Å². The van der Waals surface area contributed by atoms with Gasteiger partial charge in [0.1, 0.15) is 5.60 Å². The van der Waals surface area contributed by atoms with E-state index in [1.54, 1.807) is 9.58 Å². The number of rotatable bonds is 1. The summed E-state index contributed by atoms with van der Waals surface area (Å²) in [5.41, 5.74) is 0.140. The van der Waals surface area contributed by atoms with Crippen molar-refractivity contribution in [3.8, 4) is 0 Å². The molecule has 2 aliphatic rings. The van der Waals surface area contributed by atoms with Gasteiger partial charge < -0.3 is 14.6 Å². The van der Waals surface area contributed by atoms with Gasteiger partial charge in [0.25, 0.3) is 0 Å². The number of aryl methyl sites for hydroxylation is 1. The highest BCUT2D eigenvalue weighted by Crippen LogP contribution is 2.42. The molecule has 146 valence electrons. The van der Waals surface area contributed by atoms with Gasteiger partial charge in [0, 0.05) is 31.5 Å². The number of amides is 1. The standard InChI is InChI=1S/C20H27N3O4/c1-19(2,3)27-18(24)23-15-8-20(25,9-16(23)12-26-11-15)14-6-5-13-10-22(4)21-17(13)7-14/h5-7,10,15-16,25H,8-9,11-12H2,1-4H3. The minimum absolute atomic E-state index is 0.211. The Bertz CT molecular complexity index is 856. The predicted molar refractivity (Wildman–Crippen MR) is 100 cm³/mol. The lowest BCUT2D eigenvalue weighted by molar-refractivity contribution is -0.141. The summed E-state index contributed by atoms with van der Waals surface area (Å²) in [5.74, 6) is 0. The number of aromatic nitrogens is 2. The van der Waals surface area contributed by atoms with Crippen LogP contribution in [0.15, 0.2) is 24.4 Å². The maximum Gasteiger partial charge on any atom is 0.410 e. The zero-order chi connectivity index (χ0) is 19.4. The lowest BCUT2D eigenvalue weighted by Gasteiger charge is -2.51. The van der Waals surface area contributed by atoms with Crippen LogP contribution < -0.4 is 0 Å². The third-order valence-corrected chi connectivity index (χ3v) is 5.32. The first-order chi connectivity index (χ1) is 12.6. The predicted octanol–water partition coefficient (Wildman–Crippen LogP) is 2.56. The molecule has 7 heteroatoms. The number of benzene rings is 1. The van der Waals surface area contributed by atoms with Crippen molar-refractivity contribution >= 4 is 17.0 Å². The highest BCUT2D eigenvalue weighted by atomic mass is 16.6. The second-order valence-electron chi connectivity index (χ2n) is 8.75. The lowest BCUT2D eigenvalue weighted by atomic mass is 9.77. The molecule has 1 aromatic carbocycles. The molecule has 0 saturated carbocycles. The van der Waals surface area contributed by atoms with Crippen molar-refractivity contribution in [2.75, 3.05) is 13.2 Å². The lowest BCUT2D eigenvalue weighted by Crippen LogP contribution is -2.63. The highest BCUT2D eigenvalue weighted by molar-refractivity contribution is 5.79. The smallest absolute Gasteiger partial charge is 0.410 e. The Balaban J connectivity index is 1.62. The zero-order valence-corrected chi connectivity index (χ0v) is 16.3. The summed E-state index contributed by atoms with van der Waals surface area (Å²) in [6.45, 7) is 6.40. The topological polar surface area (TPSA) is 76.8 Å². The number of nitrogens with zero attached hydrogens (tertiary/aromatic N) is 3. The van der Waals surface area contributed by atoms with E-state index in [2.05, 4.69) is 5.10 Å². The molecule has 2 fully saturated rings. The number of carbonyl (C=O) groups excluding carboxylic acids is 1. The number of hydrogen-bond donors (Lipinski definition) is 1.